The second-order valence-electron chi connectivity index (χ2n) is 1.23. The molecule has 0 aromatic carbocycles. The first kappa shape index (κ1) is 4.49. The molecule has 0 fully saturated rings. The number of allylic oxidation sites excluding steroid dienone is 1. The third-order valence-electron chi connectivity index (χ3n) is 0.679. The van der Waals surface area contributed by atoms with Crippen molar-refractivity contribution < 1.29 is 0 Å². The van der Waals surface area contributed by atoms with E-state index in [4.69, 9.17) is 0 Å². The molecule has 0 unspecified atom stereocenters. The lowest BCUT2D eigenvalue weighted by Gasteiger charge is -2.02. The number of nitrogens with zero attached hydrogens (tertiary/aromatic N) is 2. The number of hydroxylamine groups is 1. The molecule has 1 rings (SSSR count). The van der Waals surface area contributed by atoms with E-state index in [0.29, 0.717) is 11.7 Å². The predicted octanol–water partition coefficient (Wildman–Crippen LogP) is 0.180. The molecule has 1 radical (unpaired) electrons. The van der Waals surface area contributed by atoms with Crippen molar-refractivity contribution in [1.29, 1.82) is 0 Å². The monoisotopic (exact) mass is 97.0 g/mol. The van der Waals surface area contributed by atoms with Crippen molar-refractivity contribution in [3.8, 4) is 0 Å². The smallest absolute Gasteiger partial charge is 0.172 e. The summed E-state index contributed by atoms with van der Waals surface area (Å²) >= 11 is 0. The van der Waals surface area contributed by atoms with Crippen LogP contribution in [0.5, 0.6) is 0 Å². The number of hydrogen-bond acceptors (Lipinski definition) is 3. The summed E-state index contributed by atoms with van der Waals surface area (Å²) in [6.45, 7) is 0.385. The highest BCUT2D eigenvalue weighted by molar-refractivity contribution is 5.71. The minimum Gasteiger partial charge on any atom is -0.551 e. The van der Waals surface area contributed by atoms with Gasteiger partial charge in [0.25, 0.3) is 0 Å². The second kappa shape index (κ2) is 1.86. The van der Waals surface area contributed by atoms with Gasteiger partial charge in [-0.05, 0) is 22.4 Å². The number of hydrazone groups is 1. The first-order valence-electron chi connectivity index (χ1n) is 2.03. The van der Waals surface area contributed by atoms with Crippen LogP contribution in [0.2, 0.25) is 0 Å². The minimum absolute atomic E-state index is 0.385. The Balaban J connectivity index is 2.49. The highest BCUT2D eigenvalue weighted by atomic mass is 16.5. The van der Waals surface area contributed by atoms with Gasteiger partial charge in [0, 0.05) is 0 Å². The van der Waals surface area contributed by atoms with Gasteiger partial charge in [-0.1, -0.05) is 0 Å². The maximum Gasteiger partial charge on any atom is 0.172 e. The Hall–Kier alpha value is -0.670. The summed E-state index contributed by atoms with van der Waals surface area (Å²) in [5.74, 6) is 0. The SMILES string of the molecule is [O-][N+]1CC=CC=N1. The average Bonchev–Trinajstić information content (AvgIpc) is 1.69. The van der Waals surface area contributed by atoms with E-state index in [-0.39, 0.29) is 0 Å². The molecule has 0 aromatic heterocycles. The van der Waals surface area contributed by atoms with Gasteiger partial charge in [-0.2, -0.15) is 0 Å². The molecule has 1 heterocycles. The van der Waals surface area contributed by atoms with E-state index in [2.05, 4.69) is 5.10 Å². The number of hydrogen-bond donors (Lipinski definition) is 0. The van der Waals surface area contributed by atoms with Gasteiger partial charge in [-0.15, -0.1) is 0 Å². The van der Waals surface area contributed by atoms with E-state index in [1.54, 1.807) is 12.2 Å². The fraction of sp³-hybridized carbons (Fsp3) is 0.250. The zero-order valence-electron chi connectivity index (χ0n) is 3.74. The Kier molecular flexibility index (Phi) is 1.19. The Morgan fingerprint density at radius 2 is 2.57 bits per heavy atom. The van der Waals surface area contributed by atoms with Crippen LogP contribution in [0.1, 0.15) is 0 Å². The third kappa shape index (κ3) is 1.10. The maximum absolute atomic E-state index is 10.1. The zero-order chi connectivity index (χ0) is 5.11. The number of rotatable bonds is 0. The lowest BCUT2D eigenvalue weighted by Crippen LogP contribution is -2.17. The van der Waals surface area contributed by atoms with E-state index >= 15 is 0 Å². The lowest BCUT2D eigenvalue weighted by molar-refractivity contribution is 0.609. The summed E-state index contributed by atoms with van der Waals surface area (Å²) in [7, 11) is 0. The summed E-state index contributed by atoms with van der Waals surface area (Å²) in [5.41, 5.74) is 0. The van der Waals surface area contributed by atoms with Crippen molar-refractivity contribution in [2.75, 3.05) is 6.54 Å². The van der Waals surface area contributed by atoms with Crippen LogP contribution >= 0.6 is 0 Å². The lowest BCUT2D eigenvalue weighted by atomic mass is 10.5. The van der Waals surface area contributed by atoms with E-state index in [1.807, 2.05) is 0 Å². The molecular formula is C4H5N2O. The average molecular weight is 97.1 g/mol. The molecule has 3 nitrogen and oxygen atoms in total. The first-order valence-corrected chi connectivity index (χ1v) is 2.03. The molecule has 0 N–H and O–H groups in total. The Morgan fingerprint density at radius 3 is 2.86 bits per heavy atom. The van der Waals surface area contributed by atoms with Gasteiger partial charge < -0.3 is 5.21 Å². The normalized spacial score (nSPS) is 20.7. The maximum atomic E-state index is 10.1. The summed E-state index contributed by atoms with van der Waals surface area (Å²) in [5, 5.41) is 14.2. The zero-order valence-corrected chi connectivity index (χ0v) is 3.74. The minimum atomic E-state index is 0.385. The van der Waals surface area contributed by atoms with Crippen LogP contribution in [0.25, 0.3) is 0 Å². The van der Waals surface area contributed by atoms with Gasteiger partial charge in [0.05, 0.1) is 6.21 Å². The summed E-state index contributed by atoms with van der Waals surface area (Å²) in [6, 6.07) is 0. The molecule has 0 saturated carbocycles. The summed E-state index contributed by atoms with van der Waals surface area (Å²) in [6.07, 6.45) is 4.96. The third-order valence-corrected chi connectivity index (χ3v) is 0.679. The Labute approximate surface area is 41.5 Å². The largest absolute Gasteiger partial charge is 0.551 e. The van der Waals surface area contributed by atoms with Crippen molar-refractivity contribution in [2.24, 2.45) is 5.10 Å². The van der Waals surface area contributed by atoms with Gasteiger partial charge in [-0.3, -0.25) is 0 Å². The van der Waals surface area contributed by atoms with E-state index in [0.717, 1.165) is 0 Å². The van der Waals surface area contributed by atoms with Gasteiger partial charge in [0.1, 0.15) is 0 Å². The van der Waals surface area contributed by atoms with Crippen LogP contribution < -0.4 is 5.17 Å². The van der Waals surface area contributed by atoms with Crippen LogP contribution in [0.15, 0.2) is 17.3 Å². The van der Waals surface area contributed by atoms with Crippen LogP contribution in [-0.2, 0) is 0 Å². The van der Waals surface area contributed by atoms with Crippen LogP contribution in [0.4, 0.5) is 0 Å². The summed E-state index contributed by atoms with van der Waals surface area (Å²) in [4.78, 5) is 0. The van der Waals surface area contributed by atoms with Crippen molar-refractivity contribution in [3.05, 3.63) is 17.4 Å². The highest BCUT2D eigenvalue weighted by Gasteiger charge is 1.96. The Morgan fingerprint density at radius 1 is 1.71 bits per heavy atom. The predicted molar refractivity (Wildman–Crippen MR) is 28.0 cm³/mol. The van der Waals surface area contributed by atoms with E-state index in [1.165, 1.54) is 6.21 Å². The van der Waals surface area contributed by atoms with E-state index < -0.39 is 0 Å². The molecule has 0 spiro atoms. The molecule has 0 aliphatic carbocycles. The molecule has 7 heavy (non-hydrogen) atoms. The van der Waals surface area contributed by atoms with Crippen LogP contribution in [0, 0.1) is 5.21 Å². The molecule has 1 aliphatic heterocycles. The molecule has 0 bridgehead atoms. The fourth-order valence-corrected chi connectivity index (χ4v) is 0.372. The van der Waals surface area contributed by atoms with Crippen molar-refractivity contribution in [2.45, 2.75) is 0 Å². The molecule has 0 atom stereocenters. The van der Waals surface area contributed by atoms with Crippen LogP contribution in [-0.4, -0.2) is 12.8 Å². The molecule has 37 valence electrons. The fourth-order valence-electron chi connectivity index (χ4n) is 0.372. The Bertz CT molecular complexity index is 108. The van der Waals surface area contributed by atoms with Crippen molar-refractivity contribution in [1.82, 2.24) is 5.17 Å². The highest BCUT2D eigenvalue weighted by Crippen LogP contribution is 1.85. The molecular weight excluding hydrogens is 92.1 g/mol. The molecule has 0 amide bonds. The first-order chi connectivity index (χ1) is 3.39. The van der Waals surface area contributed by atoms with Crippen molar-refractivity contribution >= 4 is 6.21 Å². The van der Waals surface area contributed by atoms with Crippen LogP contribution in [0.3, 0.4) is 0 Å². The van der Waals surface area contributed by atoms with Gasteiger partial charge in [0.2, 0.25) is 0 Å². The molecule has 1 aliphatic rings. The standard InChI is InChI=1S/C4H5N2O/c7-6-4-2-1-3-5-6/h1-3H,4H2. The van der Waals surface area contributed by atoms with Gasteiger partial charge >= 0.3 is 0 Å². The van der Waals surface area contributed by atoms with Gasteiger partial charge in [0.15, 0.2) is 6.54 Å². The quantitative estimate of drug-likeness (QED) is 0.314. The molecule has 0 saturated heterocycles. The molecule has 0 aromatic rings. The van der Waals surface area contributed by atoms with Gasteiger partial charge in [-0.25, -0.2) is 0 Å². The van der Waals surface area contributed by atoms with Crippen molar-refractivity contribution in [3.63, 3.8) is 0 Å². The second-order valence-corrected chi connectivity index (χ2v) is 1.23. The summed E-state index contributed by atoms with van der Waals surface area (Å²) < 4.78 is 0. The van der Waals surface area contributed by atoms with E-state index in [9.17, 15) is 5.21 Å². The molecule has 3 heteroatoms. The topological polar surface area (TPSA) is 41.3 Å².